The molecule has 0 aromatic rings. The maximum Gasteiger partial charge on any atom is 0.307 e. The largest absolute Gasteiger partial charge is 0.481 e. The maximum atomic E-state index is 10.9. The van der Waals surface area contributed by atoms with Crippen LogP contribution in [0.25, 0.3) is 0 Å². The lowest BCUT2D eigenvalue weighted by Gasteiger charge is -2.24. The lowest BCUT2D eigenvalue weighted by molar-refractivity contribution is -1.09. The van der Waals surface area contributed by atoms with E-state index in [0.29, 0.717) is 11.8 Å². The molecule has 0 amide bonds. The van der Waals surface area contributed by atoms with Crippen LogP contribution in [0, 0.1) is 17.8 Å². The van der Waals surface area contributed by atoms with Gasteiger partial charge in [-0.1, -0.05) is 0 Å². The predicted molar refractivity (Wildman–Crippen MR) is 54.3 cm³/mol. The number of quaternary nitrogens is 1. The predicted octanol–water partition coefficient (Wildman–Crippen LogP) is 1.34. The second-order valence-corrected chi connectivity index (χ2v) is 5.26. The first-order valence-electron chi connectivity index (χ1n) is 5.81. The summed E-state index contributed by atoms with van der Waals surface area (Å²) in [6, 6.07) is 0. The van der Waals surface area contributed by atoms with E-state index in [1.54, 1.807) is 0 Å². The van der Waals surface area contributed by atoms with Crippen LogP contribution in [0.5, 0.6) is 0 Å². The van der Waals surface area contributed by atoms with E-state index in [9.17, 15) is 10.0 Å². The molecule has 2 rings (SSSR count). The number of hydroxylamine groups is 3. The lowest BCUT2D eigenvalue weighted by atomic mass is 10.1. The Morgan fingerprint density at radius 2 is 1.67 bits per heavy atom. The topological polar surface area (TPSA) is 57.5 Å². The number of fused-ring (bicyclic) bond motifs is 1. The molecule has 2 unspecified atom stereocenters. The van der Waals surface area contributed by atoms with Gasteiger partial charge in [0.05, 0.1) is 13.0 Å². The number of nitrogens with zero attached hydrogens (tertiary/aromatic N) is 1. The first-order chi connectivity index (χ1) is 7.01. The van der Waals surface area contributed by atoms with Crippen LogP contribution in [-0.2, 0) is 4.79 Å². The van der Waals surface area contributed by atoms with Crippen molar-refractivity contribution in [2.75, 3.05) is 20.1 Å². The number of carbonyl (C=O) groups is 1. The van der Waals surface area contributed by atoms with Crippen molar-refractivity contribution >= 4 is 5.97 Å². The third-order valence-corrected chi connectivity index (χ3v) is 3.97. The van der Waals surface area contributed by atoms with Gasteiger partial charge in [0, 0.05) is 0 Å². The average molecular weight is 214 g/mol. The van der Waals surface area contributed by atoms with E-state index < -0.39 is 5.97 Å². The van der Waals surface area contributed by atoms with E-state index in [2.05, 4.69) is 0 Å². The molecule has 2 aliphatic rings. The van der Waals surface area contributed by atoms with Crippen molar-refractivity contribution in [1.82, 2.24) is 0 Å². The van der Waals surface area contributed by atoms with E-state index in [1.807, 2.05) is 7.05 Å². The van der Waals surface area contributed by atoms with Crippen molar-refractivity contribution in [3.63, 3.8) is 0 Å². The van der Waals surface area contributed by atoms with Crippen LogP contribution in [0.1, 0.15) is 25.7 Å². The molecule has 2 fully saturated rings. The fraction of sp³-hybridized carbons (Fsp3) is 0.909. The molecule has 0 aromatic carbocycles. The molecular formula is C11H20NO3+. The van der Waals surface area contributed by atoms with Crippen LogP contribution in [0.2, 0.25) is 0 Å². The highest BCUT2D eigenvalue weighted by atomic mass is 16.5. The van der Waals surface area contributed by atoms with Gasteiger partial charge in [-0.25, -0.2) is 5.21 Å². The third kappa shape index (κ3) is 2.32. The Kier molecular flexibility index (Phi) is 2.73. The Labute approximate surface area is 90.1 Å². The van der Waals surface area contributed by atoms with Crippen molar-refractivity contribution in [1.29, 1.82) is 0 Å². The van der Waals surface area contributed by atoms with Gasteiger partial charge in [0.2, 0.25) is 0 Å². The zero-order chi connectivity index (χ0) is 11.1. The molecule has 1 saturated heterocycles. The molecule has 2 atom stereocenters. The zero-order valence-electron chi connectivity index (χ0n) is 9.22. The van der Waals surface area contributed by atoms with Crippen molar-refractivity contribution in [3.05, 3.63) is 0 Å². The number of hydrogen-bond acceptors (Lipinski definition) is 2. The number of carboxylic acids is 1. The quantitative estimate of drug-likeness (QED) is 0.648. The van der Waals surface area contributed by atoms with Gasteiger partial charge < -0.3 is 5.11 Å². The van der Waals surface area contributed by atoms with Gasteiger partial charge in [0.15, 0.2) is 0 Å². The summed E-state index contributed by atoms with van der Waals surface area (Å²) in [7, 11) is 1.84. The molecule has 2 N–H and O–H groups in total. The maximum absolute atomic E-state index is 10.9. The standard InChI is InChI=1S/C11H19NO3/c1-12(15)6-2-4-8-9(5-3-7-12)10(8)11(13)14/h8-10,15H,2-7H2,1H3/p+1. The first-order valence-corrected chi connectivity index (χ1v) is 5.81. The number of rotatable bonds is 1. The van der Waals surface area contributed by atoms with Crippen molar-refractivity contribution in [2.45, 2.75) is 25.7 Å². The Balaban J connectivity index is 1.93. The van der Waals surface area contributed by atoms with Crippen LogP contribution in [0.3, 0.4) is 0 Å². The molecule has 0 aromatic heterocycles. The minimum absolute atomic E-state index is 0.0828. The molecule has 4 nitrogen and oxygen atoms in total. The molecule has 0 radical (unpaired) electrons. The first kappa shape index (κ1) is 10.9. The van der Waals surface area contributed by atoms with E-state index in [1.165, 1.54) is 0 Å². The SMILES string of the molecule is C[N+]1(O)CCCC2C(CCC1)C2C(=O)O. The van der Waals surface area contributed by atoms with Gasteiger partial charge in [-0.05, 0) is 37.5 Å². The normalized spacial score (nSPS) is 45.9. The van der Waals surface area contributed by atoms with Gasteiger partial charge >= 0.3 is 5.97 Å². The Bertz CT molecular complexity index is 247. The van der Waals surface area contributed by atoms with Crippen molar-refractivity contribution < 1.29 is 19.8 Å². The van der Waals surface area contributed by atoms with Crippen LogP contribution in [-0.4, -0.2) is 41.1 Å². The number of aliphatic carboxylic acids is 1. The second-order valence-electron chi connectivity index (χ2n) is 5.26. The molecule has 4 heteroatoms. The summed E-state index contributed by atoms with van der Waals surface area (Å²) in [5, 5.41) is 18.9. The lowest BCUT2D eigenvalue weighted by Crippen LogP contribution is -2.41. The van der Waals surface area contributed by atoms with Crippen molar-refractivity contribution in [2.24, 2.45) is 17.8 Å². The molecule has 1 aliphatic carbocycles. The Morgan fingerprint density at radius 3 is 2.07 bits per heavy atom. The number of carboxylic acid groups (broad SMARTS) is 1. The third-order valence-electron chi connectivity index (χ3n) is 3.97. The van der Waals surface area contributed by atoms with Crippen LogP contribution in [0.4, 0.5) is 0 Å². The number of hydrogen-bond donors (Lipinski definition) is 2. The average Bonchev–Trinajstić information content (AvgIpc) is 2.76. The smallest absolute Gasteiger partial charge is 0.307 e. The molecule has 0 bridgehead atoms. The minimum atomic E-state index is -0.619. The molecule has 1 heterocycles. The van der Waals surface area contributed by atoms with Gasteiger partial charge in [0.1, 0.15) is 13.1 Å². The second kappa shape index (κ2) is 3.76. The van der Waals surface area contributed by atoms with Crippen molar-refractivity contribution in [3.8, 4) is 0 Å². The molecule has 0 spiro atoms. The molecule has 86 valence electrons. The highest BCUT2D eigenvalue weighted by molar-refractivity contribution is 5.74. The molecule has 1 aliphatic heterocycles. The van der Waals surface area contributed by atoms with Gasteiger partial charge in [-0.15, -0.1) is 0 Å². The summed E-state index contributed by atoms with van der Waals surface area (Å²) in [4.78, 5) is 10.9. The monoisotopic (exact) mass is 214 g/mol. The van der Waals surface area contributed by atoms with Gasteiger partial charge in [-0.3, -0.25) is 4.79 Å². The zero-order valence-corrected chi connectivity index (χ0v) is 9.22. The molecular weight excluding hydrogens is 194 g/mol. The van der Waals surface area contributed by atoms with E-state index >= 15 is 0 Å². The van der Waals surface area contributed by atoms with E-state index in [0.717, 1.165) is 38.8 Å². The summed E-state index contributed by atoms with van der Waals surface area (Å²) in [5.41, 5.74) is 0. The Morgan fingerprint density at radius 1 is 1.20 bits per heavy atom. The van der Waals surface area contributed by atoms with Crippen LogP contribution >= 0.6 is 0 Å². The van der Waals surface area contributed by atoms with Crippen LogP contribution in [0.15, 0.2) is 0 Å². The highest BCUT2D eigenvalue weighted by Gasteiger charge is 2.54. The van der Waals surface area contributed by atoms with Gasteiger partial charge in [0.25, 0.3) is 0 Å². The summed E-state index contributed by atoms with van der Waals surface area (Å²) in [5.74, 6) is 0.0774. The van der Waals surface area contributed by atoms with E-state index in [4.69, 9.17) is 5.11 Å². The van der Waals surface area contributed by atoms with Crippen LogP contribution < -0.4 is 0 Å². The molecule has 15 heavy (non-hydrogen) atoms. The fourth-order valence-electron chi connectivity index (χ4n) is 3.05. The van der Waals surface area contributed by atoms with Gasteiger partial charge in [-0.2, -0.15) is 4.65 Å². The van der Waals surface area contributed by atoms with E-state index in [-0.39, 0.29) is 10.6 Å². The highest BCUT2D eigenvalue weighted by Crippen LogP contribution is 2.52. The summed E-state index contributed by atoms with van der Waals surface area (Å²) < 4.78 is 0.108. The minimum Gasteiger partial charge on any atom is -0.481 e. The Hall–Kier alpha value is -0.610. The fourth-order valence-corrected chi connectivity index (χ4v) is 3.05. The molecule has 1 saturated carbocycles. The summed E-state index contributed by atoms with van der Waals surface area (Å²) in [6.45, 7) is 1.52. The summed E-state index contributed by atoms with van der Waals surface area (Å²) in [6.07, 6.45) is 3.82. The summed E-state index contributed by atoms with van der Waals surface area (Å²) >= 11 is 0.